The molecule has 0 fully saturated rings. The molecule has 0 aliphatic rings. The van der Waals surface area contributed by atoms with Crippen molar-refractivity contribution in [1.82, 2.24) is 4.31 Å². The quantitative estimate of drug-likeness (QED) is 0.765. The summed E-state index contributed by atoms with van der Waals surface area (Å²) in [5.74, 6) is -1.28. The topological polar surface area (TPSA) is 86.7 Å². The van der Waals surface area contributed by atoms with Crippen LogP contribution < -0.4 is 4.72 Å². The van der Waals surface area contributed by atoms with Gasteiger partial charge in [-0.1, -0.05) is 31.5 Å². The Morgan fingerprint density at radius 2 is 1.86 bits per heavy atom. The summed E-state index contributed by atoms with van der Waals surface area (Å²) >= 11 is 5.83. The molecule has 0 saturated heterocycles. The molecule has 0 aromatic heterocycles. The minimum absolute atomic E-state index is 0.0137. The summed E-state index contributed by atoms with van der Waals surface area (Å²) in [6, 6.07) is 4.28. The second-order valence-corrected chi connectivity index (χ2v) is 6.55. The van der Waals surface area contributed by atoms with E-state index in [9.17, 15) is 13.2 Å². The van der Waals surface area contributed by atoms with Crippen molar-refractivity contribution in [3.63, 3.8) is 0 Å². The van der Waals surface area contributed by atoms with Gasteiger partial charge in [-0.2, -0.15) is 12.7 Å². The minimum Gasteiger partial charge on any atom is -0.478 e. The number of nitrogens with zero attached hydrogens (tertiary/aromatic N) is 1. The highest BCUT2D eigenvalue weighted by atomic mass is 35.5. The molecule has 0 amide bonds. The molecule has 0 aliphatic carbocycles. The van der Waals surface area contributed by atoms with Crippen LogP contribution in [-0.2, 0) is 10.2 Å². The van der Waals surface area contributed by atoms with E-state index in [0.717, 1.165) is 0 Å². The fraction of sp³-hybridized carbons (Fsp3) is 0.462. The number of halogens is 1. The fourth-order valence-electron chi connectivity index (χ4n) is 1.88. The number of benzene rings is 1. The predicted octanol–water partition coefficient (Wildman–Crippen LogP) is 2.82. The Balaban J connectivity index is 3.14. The van der Waals surface area contributed by atoms with E-state index in [1.54, 1.807) is 0 Å². The van der Waals surface area contributed by atoms with Gasteiger partial charge in [-0.3, -0.25) is 4.72 Å². The van der Waals surface area contributed by atoms with E-state index >= 15 is 0 Å². The number of hydrogen-bond acceptors (Lipinski definition) is 3. The van der Waals surface area contributed by atoms with E-state index < -0.39 is 16.2 Å². The van der Waals surface area contributed by atoms with Gasteiger partial charge < -0.3 is 5.11 Å². The third-order valence-electron chi connectivity index (χ3n) is 2.75. The van der Waals surface area contributed by atoms with Crippen LogP contribution in [0.25, 0.3) is 0 Å². The summed E-state index contributed by atoms with van der Waals surface area (Å²) in [4.78, 5) is 11.2. The molecular formula is C13H19ClN2O4S. The van der Waals surface area contributed by atoms with Crippen molar-refractivity contribution in [1.29, 1.82) is 0 Å². The van der Waals surface area contributed by atoms with Crippen LogP contribution >= 0.6 is 11.6 Å². The van der Waals surface area contributed by atoms with Gasteiger partial charge >= 0.3 is 16.2 Å². The molecule has 0 unspecified atom stereocenters. The Bertz CT molecular complexity index is 598. The van der Waals surface area contributed by atoms with Crippen LogP contribution in [0.1, 0.15) is 37.0 Å². The molecule has 1 aromatic carbocycles. The second-order valence-electron chi connectivity index (χ2n) is 4.47. The smallest absolute Gasteiger partial charge is 0.339 e. The first-order valence-corrected chi connectivity index (χ1v) is 8.45. The van der Waals surface area contributed by atoms with Gasteiger partial charge in [-0.25, -0.2) is 4.79 Å². The fourth-order valence-corrected chi connectivity index (χ4v) is 3.56. The van der Waals surface area contributed by atoms with Gasteiger partial charge in [0.15, 0.2) is 0 Å². The molecule has 118 valence electrons. The van der Waals surface area contributed by atoms with Crippen molar-refractivity contribution < 1.29 is 18.3 Å². The van der Waals surface area contributed by atoms with Gasteiger partial charge in [0, 0.05) is 13.1 Å². The molecule has 0 spiro atoms. The molecule has 0 radical (unpaired) electrons. The molecule has 0 bridgehead atoms. The molecule has 2 N–H and O–H groups in total. The highest BCUT2D eigenvalue weighted by molar-refractivity contribution is 7.90. The minimum atomic E-state index is -3.81. The largest absolute Gasteiger partial charge is 0.478 e. The number of nitrogens with one attached hydrogen (secondary N) is 1. The molecule has 0 heterocycles. The van der Waals surface area contributed by atoms with Gasteiger partial charge in [-0.05, 0) is 25.0 Å². The van der Waals surface area contributed by atoms with Crippen molar-refractivity contribution >= 4 is 33.5 Å². The lowest BCUT2D eigenvalue weighted by molar-refractivity contribution is 0.0698. The SMILES string of the molecule is CCCN(CCC)S(=O)(=O)Nc1cccc(Cl)c1C(=O)O. The lowest BCUT2D eigenvalue weighted by Crippen LogP contribution is -2.37. The zero-order chi connectivity index (χ0) is 16.0. The van der Waals surface area contributed by atoms with Crippen LogP contribution in [0.4, 0.5) is 5.69 Å². The van der Waals surface area contributed by atoms with Gasteiger partial charge in [0.25, 0.3) is 0 Å². The number of hydrogen-bond donors (Lipinski definition) is 2. The molecule has 0 aliphatic heterocycles. The van der Waals surface area contributed by atoms with Gasteiger partial charge in [0.05, 0.1) is 10.7 Å². The number of carboxylic acid groups (broad SMARTS) is 1. The number of carbonyl (C=O) groups is 1. The lowest BCUT2D eigenvalue weighted by atomic mass is 10.2. The Hall–Kier alpha value is -1.31. The zero-order valence-corrected chi connectivity index (χ0v) is 13.5. The molecule has 8 heteroatoms. The van der Waals surface area contributed by atoms with Crippen LogP contribution in [0.2, 0.25) is 5.02 Å². The van der Waals surface area contributed by atoms with Gasteiger partial charge in [0.1, 0.15) is 5.56 Å². The normalized spacial score (nSPS) is 11.6. The van der Waals surface area contributed by atoms with Crippen molar-refractivity contribution in [3.05, 3.63) is 28.8 Å². The maximum atomic E-state index is 12.3. The molecule has 0 saturated carbocycles. The Morgan fingerprint density at radius 1 is 1.29 bits per heavy atom. The molecular weight excluding hydrogens is 316 g/mol. The van der Waals surface area contributed by atoms with Crippen LogP contribution in [0.3, 0.4) is 0 Å². The first-order chi connectivity index (χ1) is 9.83. The average Bonchev–Trinajstić information content (AvgIpc) is 2.37. The van der Waals surface area contributed by atoms with Crippen LogP contribution in [0.15, 0.2) is 18.2 Å². The van der Waals surface area contributed by atoms with Crippen molar-refractivity contribution in [2.45, 2.75) is 26.7 Å². The molecule has 0 atom stereocenters. The Kier molecular flexibility index (Phi) is 6.44. The summed E-state index contributed by atoms with van der Waals surface area (Å²) < 4.78 is 28.3. The number of rotatable bonds is 8. The summed E-state index contributed by atoms with van der Waals surface area (Å²) in [7, 11) is -3.81. The highest BCUT2D eigenvalue weighted by Crippen LogP contribution is 2.25. The summed E-state index contributed by atoms with van der Waals surface area (Å²) in [5, 5.41) is 9.14. The molecule has 1 aromatic rings. The van der Waals surface area contributed by atoms with Gasteiger partial charge in [-0.15, -0.1) is 0 Å². The predicted molar refractivity (Wildman–Crippen MR) is 83.1 cm³/mol. The maximum absolute atomic E-state index is 12.3. The molecule has 6 nitrogen and oxygen atoms in total. The number of carboxylic acids is 1. The second kappa shape index (κ2) is 7.63. The van der Waals surface area contributed by atoms with E-state index in [1.807, 2.05) is 13.8 Å². The van der Waals surface area contributed by atoms with E-state index in [-0.39, 0.29) is 16.3 Å². The van der Waals surface area contributed by atoms with E-state index in [4.69, 9.17) is 16.7 Å². The Morgan fingerprint density at radius 3 is 2.33 bits per heavy atom. The highest BCUT2D eigenvalue weighted by Gasteiger charge is 2.23. The number of aromatic carboxylic acids is 1. The summed E-state index contributed by atoms with van der Waals surface area (Å²) in [5.41, 5.74) is -0.289. The summed E-state index contributed by atoms with van der Waals surface area (Å²) in [6.45, 7) is 4.48. The zero-order valence-electron chi connectivity index (χ0n) is 12.0. The third kappa shape index (κ3) is 4.59. The number of anilines is 1. The van der Waals surface area contributed by atoms with E-state index in [1.165, 1.54) is 22.5 Å². The first-order valence-electron chi connectivity index (χ1n) is 6.63. The lowest BCUT2D eigenvalue weighted by Gasteiger charge is -2.22. The van der Waals surface area contributed by atoms with Gasteiger partial charge in [0.2, 0.25) is 0 Å². The van der Waals surface area contributed by atoms with E-state index in [0.29, 0.717) is 25.9 Å². The average molecular weight is 335 g/mol. The van der Waals surface area contributed by atoms with Crippen LogP contribution in [0, 0.1) is 0 Å². The van der Waals surface area contributed by atoms with E-state index in [2.05, 4.69) is 4.72 Å². The standard InChI is InChI=1S/C13H19ClN2O4S/c1-3-8-16(9-4-2)21(19,20)15-11-7-5-6-10(14)12(11)13(17)18/h5-7,15H,3-4,8-9H2,1-2H3,(H,17,18). The van der Waals surface area contributed by atoms with Crippen molar-refractivity contribution in [3.8, 4) is 0 Å². The van der Waals surface area contributed by atoms with Crippen molar-refractivity contribution in [2.75, 3.05) is 17.8 Å². The van der Waals surface area contributed by atoms with Crippen LogP contribution in [0.5, 0.6) is 0 Å². The van der Waals surface area contributed by atoms with Crippen molar-refractivity contribution in [2.24, 2.45) is 0 Å². The summed E-state index contributed by atoms with van der Waals surface area (Å²) in [6.07, 6.45) is 1.34. The maximum Gasteiger partial charge on any atom is 0.339 e. The third-order valence-corrected chi connectivity index (χ3v) is 4.59. The molecule has 21 heavy (non-hydrogen) atoms. The Labute approximate surface area is 129 Å². The monoisotopic (exact) mass is 334 g/mol. The first kappa shape index (κ1) is 17.7. The van der Waals surface area contributed by atoms with Crippen LogP contribution in [-0.4, -0.2) is 36.9 Å². The molecule has 1 rings (SSSR count).